The van der Waals surface area contributed by atoms with Gasteiger partial charge in [-0.05, 0) is 36.4 Å². The number of benzene rings is 1. The molecule has 0 aliphatic carbocycles. The molecule has 0 N–H and O–H groups in total. The molecular formula is C19H19ClN4O2S. The number of furan rings is 1. The molecule has 3 aromatic rings. The van der Waals surface area contributed by atoms with Crippen LogP contribution in [0.25, 0.3) is 11.4 Å². The maximum Gasteiger partial charge on any atom is 0.233 e. The lowest BCUT2D eigenvalue weighted by Crippen LogP contribution is -2.27. The molecule has 3 rings (SSSR count). The highest BCUT2D eigenvalue weighted by atomic mass is 35.5. The summed E-state index contributed by atoms with van der Waals surface area (Å²) in [4.78, 5) is 14.0. The molecule has 1 aromatic carbocycles. The van der Waals surface area contributed by atoms with E-state index in [0.717, 1.165) is 11.3 Å². The zero-order valence-electron chi connectivity index (χ0n) is 14.8. The lowest BCUT2D eigenvalue weighted by atomic mass is 10.2. The summed E-state index contributed by atoms with van der Waals surface area (Å²) in [6.07, 6.45) is 3.37. The first-order valence-electron chi connectivity index (χ1n) is 8.27. The van der Waals surface area contributed by atoms with Crippen LogP contribution in [0.2, 0.25) is 5.02 Å². The highest BCUT2D eigenvalue weighted by molar-refractivity contribution is 7.99. The quantitative estimate of drug-likeness (QED) is 0.418. The second-order valence-corrected chi connectivity index (χ2v) is 7.21. The third-order valence-electron chi connectivity index (χ3n) is 3.85. The van der Waals surface area contributed by atoms with Crippen molar-refractivity contribution in [2.24, 2.45) is 0 Å². The van der Waals surface area contributed by atoms with Crippen molar-refractivity contribution in [2.45, 2.75) is 18.2 Å². The largest absolute Gasteiger partial charge is 0.467 e. The van der Waals surface area contributed by atoms with Gasteiger partial charge >= 0.3 is 0 Å². The summed E-state index contributed by atoms with van der Waals surface area (Å²) >= 11 is 7.31. The molecule has 0 spiro atoms. The number of carbonyl (C=O) groups excluding carboxylic acids is 1. The first kappa shape index (κ1) is 19.3. The topological polar surface area (TPSA) is 64.2 Å². The van der Waals surface area contributed by atoms with Crippen LogP contribution < -0.4 is 0 Å². The van der Waals surface area contributed by atoms with Crippen LogP contribution in [-0.4, -0.2) is 38.4 Å². The van der Waals surface area contributed by atoms with Gasteiger partial charge in [-0.3, -0.25) is 9.36 Å². The van der Waals surface area contributed by atoms with Crippen molar-refractivity contribution >= 4 is 29.3 Å². The van der Waals surface area contributed by atoms with Crippen molar-refractivity contribution in [1.82, 2.24) is 19.7 Å². The van der Waals surface area contributed by atoms with E-state index in [-0.39, 0.29) is 11.7 Å². The standard InChI is InChI=1S/C19H19ClN4O2S/c1-3-10-24-18(14-6-8-15(20)9-7-14)21-22-19(24)27-13-17(25)23(2)12-16-5-4-11-26-16/h3-9,11H,1,10,12-13H2,2H3. The Bertz CT molecular complexity index is 906. The van der Waals surface area contributed by atoms with Crippen molar-refractivity contribution < 1.29 is 9.21 Å². The second-order valence-electron chi connectivity index (χ2n) is 5.83. The van der Waals surface area contributed by atoms with Crippen molar-refractivity contribution in [3.63, 3.8) is 0 Å². The number of thioether (sulfide) groups is 1. The van der Waals surface area contributed by atoms with E-state index < -0.39 is 0 Å². The molecule has 6 nitrogen and oxygen atoms in total. The van der Waals surface area contributed by atoms with Crippen molar-refractivity contribution in [3.8, 4) is 11.4 Å². The Morgan fingerprint density at radius 2 is 2.11 bits per heavy atom. The number of halogens is 1. The van der Waals surface area contributed by atoms with Gasteiger partial charge in [0.2, 0.25) is 5.91 Å². The number of allylic oxidation sites excluding steroid dienone is 1. The highest BCUT2D eigenvalue weighted by Gasteiger charge is 2.17. The molecule has 0 aliphatic heterocycles. The molecule has 27 heavy (non-hydrogen) atoms. The number of nitrogens with zero attached hydrogens (tertiary/aromatic N) is 4. The average Bonchev–Trinajstić information content (AvgIpc) is 3.31. The molecule has 140 valence electrons. The van der Waals surface area contributed by atoms with Crippen LogP contribution >= 0.6 is 23.4 Å². The van der Waals surface area contributed by atoms with Gasteiger partial charge in [-0.1, -0.05) is 29.4 Å². The van der Waals surface area contributed by atoms with Gasteiger partial charge in [0.05, 0.1) is 18.6 Å². The first-order valence-corrected chi connectivity index (χ1v) is 9.64. The zero-order valence-corrected chi connectivity index (χ0v) is 16.4. The van der Waals surface area contributed by atoms with E-state index in [0.29, 0.717) is 29.1 Å². The van der Waals surface area contributed by atoms with Gasteiger partial charge in [0.15, 0.2) is 11.0 Å². The van der Waals surface area contributed by atoms with Gasteiger partial charge in [-0.25, -0.2) is 0 Å². The summed E-state index contributed by atoms with van der Waals surface area (Å²) in [6, 6.07) is 11.0. The summed E-state index contributed by atoms with van der Waals surface area (Å²) in [5.74, 6) is 1.70. The summed E-state index contributed by atoms with van der Waals surface area (Å²) in [5.41, 5.74) is 0.905. The van der Waals surface area contributed by atoms with Crippen LogP contribution in [0.5, 0.6) is 0 Å². The van der Waals surface area contributed by atoms with Crippen LogP contribution in [0.1, 0.15) is 5.76 Å². The van der Waals surface area contributed by atoms with Crippen molar-refractivity contribution in [1.29, 1.82) is 0 Å². The van der Waals surface area contributed by atoms with Gasteiger partial charge in [0, 0.05) is 24.2 Å². The van der Waals surface area contributed by atoms with E-state index in [4.69, 9.17) is 16.0 Å². The van der Waals surface area contributed by atoms with E-state index in [1.807, 2.05) is 34.9 Å². The van der Waals surface area contributed by atoms with Crippen LogP contribution in [0.15, 0.2) is 64.9 Å². The Labute approximate surface area is 166 Å². The molecule has 0 atom stereocenters. The number of aromatic nitrogens is 3. The molecule has 1 amide bonds. The third-order valence-corrected chi connectivity index (χ3v) is 5.06. The molecule has 0 aliphatic rings. The van der Waals surface area contributed by atoms with E-state index >= 15 is 0 Å². The number of hydrogen-bond donors (Lipinski definition) is 0. The van der Waals surface area contributed by atoms with Gasteiger partial charge in [-0.2, -0.15) is 0 Å². The van der Waals surface area contributed by atoms with Gasteiger partial charge in [-0.15, -0.1) is 16.8 Å². The number of amides is 1. The van der Waals surface area contributed by atoms with Gasteiger partial charge in [0.1, 0.15) is 5.76 Å². The van der Waals surface area contributed by atoms with Gasteiger partial charge in [0.25, 0.3) is 0 Å². The Morgan fingerprint density at radius 3 is 2.78 bits per heavy atom. The predicted octanol–water partition coefficient (Wildman–Crippen LogP) is 4.13. The second kappa shape index (κ2) is 8.92. The Morgan fingerprint density at radius 1 is 1.33 bits per heavy atom. The van der Waals surface area contributed by atoms with E-state index in [2.05, 4.69) is 16.8 Å². The van der Waals surface area contributed by atoms with Crippen molar-refractivity contribution in [2.75, 3.05) is 12.8 Å². The SMILES string of the molecule is C=CCn1c(SCC(=O)N(C)Cc2ccco2)nnc1-c1ccc(Cl)cc1. The molecule has 0 fully saturated rings. The fourth-order valence-electron chi connectivity index (χ4n) is 2.46. The van der Waals surface area contributed by atoms with E-state index in [1.165, 1.54) is 11.8 Å². The fourth-order valence-corrected chi connectivity index (χ4v) is 3.48. The third kappa shape index (κ3) is 4.81. The Kier molecular flexibility index (Phi) is 6.36. The minimum atomic E-state index is -0.0161. The van der Waals surface area contributed by atoms with Crippen LogP contribution in [0, 0.1) is 0 Å². The molecule has 0 saturated carbocycles. The normalized spacial score (nSPS) is 10.7. The highest BCUT2D eigenvalue weighted by Crippen LogP contribution is 2.25. The minimum Gasteiger partial charge on any atom is -0.467 e. The predicted molar refractivity (Wildman–Crippen MR) is 107 cm³/mol. The molecule has 0 radical (unpaired) electrons. The van der Waals surface area contributed by atoms with Crippen LogP contribution in [0.3, 0.4) is 0 Å². The zero-order chi connectivity index (χ0) is 19.2. The van der Waals surface area contributed by atoms with E-state index in [1.54, 1.807) is 30.4 Å². The maximum absolute atomic E-state index is 12.4. The fraction of sp³-hybridized carbons (Fsp3) is 0.211. The lowest BCUT2D eigenvalue weighted by Gasteiger charge is -2.15. The molecule has 0 bridgehead atoms. The number of carbonyl (C=O) groups is 1. The van der Waals surface area contributed by atoms with E-state index in [9.17, 15) is 4.79 Å². The molecule has 0 unspecified atom stereocenters. The van der Waals surface area contributed by atoms with Gasteiger partial charge < -0.3 is 9.32 Å². The summed E-state index contributed by atoms with van der Waals surface area (Å²) in [7, 11) is 1.75. The molecule has 2 aromatic heterocycles. The molecule has 2 heterocycles. The monoisotopic (exact) mass is 402 g/mol. The summed E-state index contributed by atoms with van der Waals surface area (Å²) in [5, 5.41) is 9.85. The molecular weight excluding hydrogens is 384 g/mol. The number of hydrogen-bond acceptors (Lipinski definition) is 5. The van der Waals surface area contributed by atoms with Crippen LogP contribution in [-0.2, 0) is 17.9 Å². The summed E-state index contributed by atoms with van der Waals surface area (Å²) in [6.45, 7) is 4.78. The molecule has 0 saturated heterocycles. The first-order chi connectivity index (χ1) is 13.1. The van der Waals surface area contributed by atoms with Crippen LogP contribution in [0.4, 0.5) is 0 Å². The minimum absolute atomic E-state index is 0.0161. The summed E-state index contributed by atoms with van der Waals surface area (Å²) < 4.78 is 7.21. The number of rotatable bonds is 8. The lowest BCUT2D eigenvalue weighted by molar-refractivity contribution is -0.127. The maximum atomic E-state index is 12.4. The molecule has 8 heteroatoms. The average molecular weight is 403 g/mol. The smallest absolute Gasteiger partial charge is 0.233 e. The van der Waals surface area contributed by atoms with Crippen molar-refractivity contribution in [3.05, 3.63) is 66.1 Å². The Hall–Kier alpha value is -2.51. The Balaban J connectivity index is 1.70.